The quantitative estimate of drug-likeness (QED) is 0.805. The summed E-state index contributed by atoms with van der Waals surface area (Å²) in [6.07, 6.45) is 1.74. The highest BCUT2D eigenvalue weighted by Crippen LogP contribution is 2.33. The van der Waals surface area contributed by atoms with Gasteiger partial charge in [0.25, 0.3) is 5.91 Å². The number of carbonyl (C=O) groups excluding carboxylic acids is 1. The summed E-state index contributed by atoms with van der Waals surface area (Å²) in [6, 6.07) is 9.57. The van der Waals surface area contributed by atoms with E-state index in [1.165, 1.54) is 18.2 Å². The van der Waals surface area contributed by atoms with Gasteiger partial charge in [0.05, 0.1) is 12.1 Å². The van der Waals surface area contributed by atoms with Crippen molar-refractivity contribution in [1.82, 2.24) is 10.2 Å². The van der Waals surface area contributed by atoms with E-state index in [1.807, 2.05) is 12.1 Å². The Bertz CT molecular complexity index is 892. The molecule has 2 aromatic rings. The summed E-state index contributed by atoms with van der Waals surface area (Å²) < 4.78 is 19.8. The Kier molecular flexibility index (Phi) is 5.01. The summed E-state index contributed by atoms with van der Waals surface area (Å²) in [4.78, 5) is 14.6. The monoisotopic (exact) mass is 408 g/mol. The molecule has 4 nitrogen and oxygen atoms in total. The molecule has 7 heteroatoms. The lowest BCUT2D eigenvalue weighted by atomic mass is 9.92. The van der Waals surface area contributed by atoms with Gasteiger partial charge < -0.3 is 10.1 Å². The van der Waals surface area contributed by atoms with Crippen LogP contribution < -0.4 is 10.1 Å². The number of halogens is 3. The standard InChI is InChI=1S/C20H19Cl2FN2O2/c21-14-3-2-13(17(22)8-14)10-25-7-1-6-20(12-25)11-24-19(26)16-9-15(23)4-5-18(16)27-20/h2-5,8-9H,1,6-7,10-12H2,(H,24,26)/t20-/m0/s1. The number of hydrogen-bond acceptors (Lipinski definition) is 3. The average molecular weight is 409 g/mol. The van der Waals surface area contributed by atoms with Crippen LogP contribution in [-0.4, -0.2) is 36.0 Å². The lowest BCUT2D eigenvalue weighted by Gasteiger charge is -2.42. The molecular formula is C20H19Cl2FN2O2. The Morgan fingerprint density at radius 2 is 2.07 bits per heavy atom. The molecule has 2 heterocycles. The molecule has 0 bridgehead atoms. The maximum absolute atomic E-state index is 13.5. The van der Waals surface area contributed by atoms with Crippen LogP contribution in [0.3, 0.4) is 0 Å². The number of piperidine rings is 1. The first-order valence-electron chi connectivity index (χ1n) is 8.87. The molecule has 142 valence electrons. The number of nitrogens with one attached hydrogen (secondary N) is 1. The fourth-order valence-electron chi connectivity index (χ4n) is 3.82. The van der Waals surface area contributed by atoms with E-state index in [0.717, 1.165) is 24.9 Å². The second-order valence-corrected chi connectivity index (χ2v) is 8.00. The number of rotatable bonds is 2. The van der Waals surface area contributed by atoms with Crippen LogP contribution in [0.15, 0.2) is 36.4 Å². The van der Waals surface area contributed by atoms with Crippen molar-refractivity contribution < 1.29 is 13.9 Å². The van der Waals surface area contributed by atoms with Crippen molar-refractivity contribution in [3.05, 3.63) is 63.4 Å². The Balaban J connectivity index is 1.56. The van der Waals surface area contributed by atoms with Gasteiger partial charge in [0.15, 0.2) is 0 Å². The largest absolute Gasteiger partial charge is 0.483 e. The van der Waals surface area contributed by atoms with E-state index in [2.05, 4.69) is 10.2 Å². The van der Waals surface area contributed by atoms with Crippen molar-refractivity contribution in [2.75, 3.05) is 19.6 Å². The van der Waals surface area contributed by atoms with Crippen LogP contribution in [0.25, 0.3) is 0 Å². The van der Waals surface area contributed by atoms with Crippen LogP contribution in [0.5, 0.6) is 5.75 Å². The summed E-state index contributed by atoms with van der Waals surface area (Å²) in [5.41, 5.74) is 0.693. The zero-order valence-corrected chi connectivity index (χ0v) is 16.1. The van der Waals surface area contributed by atoms with Gasteiger partial charge in [0.1, 0.15) is 17.2 Å². The summed E-state index contributed by atoms with van der Waals surface area (Å²) >= 11 is 12.3. The molecule has 0 aliphatic carbocycles. The highest BCUT2D eigenvalue weighted by atomic mass is 35.5. The molecule has 0 aromatic heterocycles. The number of carbonyl (C=O) groups is 1. The minimum absolute atomic E-state index is 0.241. The van der Waals surface area contributed by atoms with E-state index in [1.54, 1.807) is 6.07 Å². The first-order chi connectivity index (χ1) is 12.9. The summed E-state index contributed by atoms with van der Waals surface area (Å²) in [7, 11) is 0. The van der Waals surface area contributed by atoms with E-state index in [-0.39, 0.29) is 11.5 Å². The average Bonchev–Trinajstić information content (AvgIpc) is 2.76. The fourth-order valence-corrected chi connectivity index (χ4v) is 4.29. The molecule has 2 aromatic carbocycles. The fraction of sp³-hybridized carbons (Fsp3) is 0.350. The Labute approximate surface area is 167 Å². The molecule has 0 radical (unpaired) electrons. The van der Waals surface area contributed by atoms with Gasteiger partial charge in [-0.3, -0.25) is 9.69 Å². The second-order valence-electron chi connectivity index (χ2n) is 7.16. The molecule has 0 saturated carbocycles. The molecule has 1 N–H and O–H groups in total. The van der Waals surface area contributed by atoms with Crippen molar-refractivity contribution in [3.8, 4) is 5.75 Å². The molecule has 1 fully saturated rings. The van der Waals surface area contributed by atoms with Crippen LogP contribution in [0.1, 0.15) is 28.8 Å². The maximum Gasteiger partial charge on any atom is 0.255 e. The van der Waals surface area contributed by atoms with Crippen molar-refractivity contribution in [3.63, 3.8) is 0 Å². The number of hydrogen-bond donors (Lipinski definition) is 1. The van der Waals surface area contributed by atoms with Gasteiger partial charge in [-0.15, -0.1) is 0 Å². The third-order valence-electron chi connectivity index (χ3n) is 5.11. The maximum atomic E-state index is 13.5. The normalized spacial score (nSPS) is 22.7. The van der Waals surface area contributed by atoms with E-state index in [0.29, 0.717) is 35.4 Å². The van der Waals surface area contributed by atoms with E-state index in [4.69, 9.17) is 27.9 Å². The number of likely N-dealkylation sites (tertiary alicyclic amines) is 1. The van der Waals surface area contributed by atoms with Crippen molar-refractivity contribution in [2.24, 2.45) is 0 Å². The SMILES string of the molecule is O=C1NC[C@]2(CCCN(Cc3ccc(Cl)cc3Cl)C2)Oc2ccc(F)cc21. The third kappa shape index (κ3) is 3.91. The summed E-state index contributed by atoms with van der Waals surface area (Å²) in [5.74, 6) is -0.330. The number of nitrogens with zero attached hydrogens (tertiary/aromatic N) is 1. The zero-order chi connectivity index (χ0) is 19.0. The molecule has 1 spiro atoms. The molecule has 4 rings (SSSR count). The van der Waals surface area contributed by atoms with Crippen molar-refractivity contribution >= 4 is 29.1 Å². The van der Waals surface area contributed by atoms with Crippen LogP contribution in [0.4, 0.5) is 4.39 Å². The summed E-state index contributed by atoms with van der Waals surface area (Å²) in [5, 5.41) is 4.14. The van der Waals surface area contributed by atoms with Gasteiger partial charge in [-0.05, 0) is 55.3 Å². The first-order valence-corrected chi connectivity index (χ1v) is 9.63. The Morgan fingerprint density at radius 3 is 2.89 bits per heavy atom. The lowest BCUT2D eigenvalue weighted by Crippen LogP contribution is -2.56. The van der Waals surface area contributed by atoms with Gasteiger partial charge in [-0.25, -0.2) is 4.39 Å². The molecule has 2 aliphatic heterocycles. The predicted molar refractivity (Wildman–Crippen MR) is 103 cm³/mol. The van der Waals surface area contributed by atoms with Crippen LogP contribution in [-0.2, 0) is 6.54 Å². The number of amides is 1. The minimum Gasteiger partial charge on any atom is -0.483 e. The molecular weight excluding hydrogens is 390 g/mol. The van der Waals surface area contributed by atoms with E-state index < -0.39 is 11.4 Å². The Hall–Kier alpha value is -1.82. The lowest BCUT2D eigenvalue weighted by molar-refractivity contribution is -0.00707. The molecule has 1 atom stereocenters. The van der Waals surface area contributed by atoms with Crippen LogP contribution in [0.2, 0.25) is 10.0 Å². The topological polar surface area (TPSA) is 41.6 Å². The molecule has 1 amide bonds. The van der Waals surface area contributed by atoms with E-state index in [9.17, 15) is 9.18 Å². The predicted octanol–water partition coefficient (Wildman–Crippen LogP) is 4.29. The van der Waals surface area contributed by atoms with Gasteiger partial charge in [-0.2, -0.15) is 0 Å². The molecule has 2 aliphatic rings. The highest BCUT2D eigenvalue weighted by Gasteiger charge is 2.41. The van der Waals surface area contributed by atoms with Crippen molar-refractivity contribution in [2.45, 2.75) is 25.0 Å². The van der Waals surface area contributed by atoms with E-state index >= 15 is 0 Å². The highest BCUT2D eigenvalue weighted by molar-refractivity contribution is 6.35. The number of ether oxygens (including phenoxy) is 1. The van der Waals surface area contributed by atoms with Gasteiger partial charge in [0.2, 0.25) is 0 Å². The van der Waals surface area contributed by atoms with Crippen LogP contribution >= 0.6 is 23.2 Å². The molecule has 1 saturated heterocycles. The smallest absolute Gasteiger partial charge is 0.255 e. The minimum atomic E-state index is -0.546. The van der Waals surface area contributed by atoms with Gasteiger partial charge in [0, 0.05) is 23.1 Å². The summed E-state index contributed by atoms with van der Waals surface area (Å²) in [6.45, 7) is 2.61. The van der Waals surface area contributed by atoms with Crippen LogP contribution in [0, 0.1) is 5.82 Å². The number of benzene rings is 2. The number of fused-ring (bicyclic) bond motifs is 1. The van der Waals surface area contributed by atoms with Gasteiger partial charge >= 0.3 is 0 Å². The first kappa shape index (κ1) is 18.5. The van der Waals surface area contributed by atoms with Crippen molar-refractivity contribution in [1.29, 1.82) is 0 Å². The van der Waals surface area contributed by atoms with Gasteiger partial charge in [-0.1, -0.05) is 29.3 Å². The molecule has 27 heavy (non-hydrogen) atoms. The zero-order valence-electron chi connectivity index (χ0n) is 14.6. The second kappa shape index (κ2) is 7.30. The molecule has 0 unspecified atom stereocenters. The third-order valence-corrected chi connectivity index (χ3v) is 5.70. The Morgan fingerprint density at radius 1 is 1.22 bits per heavy atom.